The van der Waals surface area contributed by atoms with Gasteiger partial charge in [0.2, 0.25) is 0 Å². The Kier molecular flexibility index (Phi) is 6.52. The summed E-state index contributed by atoms with van der Waals surface area (Å²) in [6, 6.07) is 66.6. The van der Waals surface area contributed by atoms with Crippen LogP contribution < -0.4 is 0 Å². The molecule has 0 saturated carbocycles. The van der Waals surface area contributed by atoms with Crippen molar-refractivity contribution in [3.8, 4) is 45.0 Å². The monoisotopic (exact) mass is 677 g/mol. The van der Waals surface area contributed by atoms with Crippen molar-refractivity contribution in [2.24, 2.45) is 0 Å². The summed E-state index contributed by atoms with van der Waals surface area (Å²) in [7, 11) is 0. The fourth-order valence-corrected chi connectivity index (χ4v) is 8.14. The van der Waals surface area contributed by atoms with Gasteiger partial charge in [0.1, 0.15) is 17.0 Å². The number of aromatic nitrogens is 3. The second kappa shape index (κ2) is 11.7. The van der Waals surface area contributed by atoms with Gasteiger partial charge in [-0.15, -0.1) is 0 Å². The second-order valence-electron chi connectivity index (χ2n) is 13.6. The van der Waals surface area contributed by atoms with Crippen LogP contribution in [-0.4, -0.2) is 14.1 Å². The van der Waals surface area contributed by atoms with Crippen LogP contribution >= 0.6 is 0 Å². The van der Waals surface area contributed by atoms with Gasteiger partial charge in [0.05, 0.1) is 22.1 Å². The van der Waals surface area contributed by atoms with Gasteiger partial charge in [0.15, 0.2) is 0 Å². The SMILES string of the molecule is c1ccc(-n2c(-c3cccc(-c4cccc5oc6ccc(-c7ccc8c(c7)c7ccccc7n8-c7ccccc7)cc6c45)c3)nc3ccccc32)cc1. The summed E-state index contributed by atoms with van der Waals surface area (Å²) in [5.41, 5.74) is 14.1. The number of hydrogen-bond donors (Lipinski definition) is 0. The summed E-state index contributed by atoms with van der Waals surface area (Å²) >= 11 is 0. The summed E-state index contributed by atoms with van der Waals surface area (Å²) in [4.78, 5) is 5.14. The van der Waals surface area contributed by atoms with Crippen LogP contribution in [0.3, 0.4) is 0 Å². The maximum absolute atomic E-state index is 6.50. The van der Waals surface area contributed by atoms with Crippen LogP contribution in [0.4, 0.5) is 0 Å². The van der Waals surface area contributed by atoms with Crippen LogP contribution in [0.1, 0.15) is 0 Å². The first-order valence-electron chi connectivity index (χ1n) is 18.0. The Morgan fingerprint density at radius 3 is 1.85 bits per heavy atom. The molecule has 11 aromatic rings. The van der Waals surface area contributed by atoms with E-state index in [1.807, 2.05) is 12.1 Å². The zero-order valence-corrected chi connectivity index (χ0v) is 28.6. The van der Waals surface area contributed by atoms with Crippen LogP contribution in [0.2, 0.25) is 0 Å². The molecule has 0 radical (unpaired) electrons. The number of imidazole rings is 1. The Hall–Kier alpha value is -7.17. The molecule has 0 spiro atoms. The Balaban J connectivity index is 1.06. The molecule has 8 aromatic carbocycles. The largest absolute Gasteiger partial charge is 0.456 e. The summed E-state index contributed by atoms with van der Waals surface area (Å²) in [6.45, 7) is 0. The number of furan rings is 1. The number of benzene rings is 8. The molecule has 0 aliphatic rings. The lowest BCUT2D eigenvalue weighted by molar-refractivity contribution is 0.669. The average Bonchev–Trinajstić information content (AvgIpc) is 3.91. The van der Waals surface area contributed by atoms with Crippen molar-refractivity contribution in [1.82, 2.24) is 14.1 Å². The summed E-state index contributed by atoms with van der Waals surface area (Å²) in [5, 5.41) is 4.69. The Labute approximate surface area is 305 Å². The van der Waals surface area contributed by atoms with Crippen LogP contribution in [-0.2, 0) is 0 Å². The second-order valence-corrected chi connectivity index (χ2v) is 13.6. The zero-order valence-electron chi connectivity index (χ0n) is 28.6. The van der Waals surface area contributed by atoms with Gasteiger partial charge in [-0.1, -0.05) is 109 Å². The zero-order chi connectivity index (χ0) is 34.9. The standard InChI is InChI=1S/C49H31N3O/c1-3-15-36(16-4-1)51-43-22-9-7-19-39(43)40-30-32(25-27-44(40)51)33-26-28-46-41(31-33)48-38(20-12-24-47(48)53-46)34-13-11-14-35(29-34)49-50-42-21-8-10-23-45(42)52(49)37-17-5-2-6-18-37/h1-31H. The first kappa shape index (κ1) is 29.5. The van der Waals surface area contributed by atoms with Crippen molar-refractivity contribution in [1.29, 1.82) is 0 Å². The molecule has 11 rings (SSSR count). The number of fused-ring (bicyclic) bond motifs is 7. The van der Waals surface area contributed by atoms with Gasteiger partial charge in [-0.3, -0.25) is 4.57 Å². The molecule has 0 bridgehead atoms. The molecule has 3 aromatic heterocycles. The molecule has 0 aliphatic carbocycles. The van der Waals surface area contributed by atoms with E-state index in [0.717, 1.165) is 72.4 Å². The highest BCUT2D eigenvalue weighted by atomic mass is 16.3. The molecule has 0 atom stereocenters. The molecule has 4 heteroatoms. The van der Waals surface area contributed by atoms with Crippen LogP contribution in [0.25, 0.3) is 99.8 Å². The molecule has 4 nitrogen and oxygen atoms in total. The van der Waals surface area contributed by atoms with Crippen molar-refractivity contribution in [2.45, 2.75) is 0 Å². The Morgan fingerprint density at radius 1 is 0.377 bits per heavy atom. The first-order valence-corrected chi connectivity index (χ1v) is 18.0. The first-order chi connectivity index (χ1) is 26.3. The van der Waals surface area contributed by atoms with Gasteiger partial charge in [-0.05, 0) is 101 Å². The summed E-state index contributed by atoms with van der Waals surface area (Å²) in [5.74, 6) is 0.912. The van der Waals surface area contributed by atoms with E-state index in [0.29, 0.717) is 0 Å². The molecule has 248 valence electrons. The summed E-state index contributed by atoms with van der Waals surface area (Å²) in [6.07, 6.45) is 0. The highest BCUT2D eigenvalue weighted by molar-refractivity contribution is 6.14. The third kappa shape index (κ3) is 4.66. The lowest BCUT2D eigenvalue weighted by Crippen LogP contribution is -1.97. The van der Waals surface area contributed by atoms with Crippen LogP contribution in [0.15, 0.2) is 192 Å². The van der Waals surface area contributed by atoms with Gasteiger partial charge in [-0.2, -0.15) is 0 Å². The number of hydrogen-bond acceptors (Lipinski definition) is 2. The van der Waals surface area contributed by atoms with E-state index in [2.05, 4.69) is 185 Å². The van der Waals surface area contributed by atoms with E-state index in [-0.39, 0.29) is 0 Å². The minimum atomic E-state index is 0.873. The number of para-hydroxylation sites is 5. The van der Waals surface area contributed by atoms with Crippen molar-refractivity contribution in [3.63, 3.8) is 0 Å². The normalized spacial score (nSPS) is 11.8. The molecule has 0 unspecified atom stereocenters. The molecule has 0 aliphatic heterocycles. The van der Waals surface area contributed by atoms with Gasteiger partial charge >= 0.3 is 0 Å². The van der Waals surface area contributed by atoms with Gasteiger partial charge in [-0.25, -0.2) is 4.98 Å². The lowest BCUT2D eigenvalue weighted by atomic mass is 9.96. The predicted molar refractivity (Wildman–Crippen MR) is 219 cm³/mol. The third-order valence-corrected chi connectivity index (χ3v) is 10.5. The number of nitrogens with zero attached hydrogens (tertiary/aromatic N) is 3. The van der Waals surface area contributed by atoms with Crippen LogP contribution in [0.5, 0.6) is 0 Å². The van der Waals surface area contributed by atoms with E-state index in [4.69, 9.17) is 9.40 Å². The smallest absolute Gasteiger partial charge is 0.145 e. The molecule has 0 saturated heterocycles. The highest BCUT2D eigenvalue weighted by Gasteiger charge is 2.18. The predicted octanol–water partition coefficient (Wildman–Crippen LogP) is 13.0. The van der Waals surface area contributed by atoms with E-state index >= 15 is 0 Å². The minimum Gasteiger partial charge on any atom is -0.456 e. The van der Waals surface area contributed by atoms with E-state index in [9.17, 15) is 0 Å². The van der Waals surface area contributed by atoms with Gasteiger partial charge in [0, 0.05) is 38.5 Å². The van der Waals surface area contributed by atoms with E-state index < -0.39 is 0 Å². The van der Waals surface area contributed by atoms with Crippen molar-refractivity contribution >= 4 is 54.8 Å². The molecule has 3 heterocycles. The average molecular weight is 678 g/mol. The van der Waals surface area contributed by atoms with Gasteiger partial charge in [0.25, 0.3) is 0 Å². The molecule has 0 amide bonds. The molecular formula is C49H31N3O. The lowest BCUT2D eigenvalue weighted by Gasteiger charge is -2.11. The topological polar surface area (TPSA) is 35.9 Å². The third-order valence-electron chi connectivity index (χ3n) is 10.5. The molecule has 0 N–H and O–H groups in total. The van der Waals surface area contributed by atoms with Gasteiger partial charge < -0.3 is 8.98 Å². The highest BCUT2D eigenvalue weighted by Crippen LogP contribution is 2.41. The minimum absolute atomic E-state index is 0.873. The van der Waals surface area contributed by atoms with E-state index in [1.54, 1.807) is 0 Å². The fraction of sp³-hybridized carbons (Fsp3) is 0. The molecule has 0 fully saturated rings. The van der Waals surface area contributed by atoms with Crippen molar-refractivity contribution < 1.29 is 4.42 Å². The maximum atomic E-state index is 6.50. The molecular weight excluding hydrogens is 647 g/mol. The van der Waals surface area contributed by atoms with E-state index in [1.165, 1.54) is 27.4 Å². The maximum Gasteiger partial charge on any atom is 0.145 e. The van der Waals surface area contributed by atoms with Crippen LogP contribution in [0, 0.1) is 0 Å². The Bertz CT molecular complexity index is 3170. The summed E-state index contributed by atoms with van der Waals surface area (Å²) < 4.78 is 11.1. The molecule has 53 heavy (non-hydrogen) atoms. The Morgan fingerprint density at radius 2 is 1.02 bits per heavy atom. The quantitative estimate of drug-likeness (QED) is 0.182. The van der Waals surface area contributed by atoms with Crippen molar-refractivity contribution in [3.05, 3.63) is 188 Å². The number of rotatable bonds is 5. The van der Waals surface area contributed by atoms with Crippen molar-refractivity contribution in [2.75, 3.05) is 0 Å². The fourth-order valence-electron chi connectivity index (χ4n) is 8.14.